The van der Waals surface area contributed by atoms with Crippen molar-refractivity contribution in [3.05, 3.63) is 48.8 Å². The van der Waals surface area contributed by atoms with Crippen LogP contribution in [0.4, 0.5) is 5.69 Å². The van der Waals surface area contributed by atoms with E-state index < -0.39 is 0 Å². The Balaban J connectivity index is 1.66. The molecule has 21 heavy (non-hydrogen) atoms. The number of aromatic nitrogens is 5. The van der Waals surface area contributed by atoms with Gasteiger partial charge in [0.1, 0.15) is 12.4 Å². The molecule has 106 valence electrons. The summed E-state index contributed by atoms with van der Waals surface area (Å²) < 4.78 is 7.32. The second kappa shape index (κ2) is 6.00. The van der Waals surface area contributed by atoms with E-state index in [1.807, 2.05) is 30.3 Å². The summed E-state index contributed by atoms with van der Waals surface area (Å²) in [5.41, 5.74) is 7.24. The van der Waals surface area contributed by atoms with E-state index in [0.29, 0.717) is 24.7 Å². The first-order valence-electron chi connectivity index (χ1n) is 6.48. The molecule has 0 unspecified atom stereocenters. The summed E-state index contributed by atoms with van der Waals surface area (Å²) in [5, 5.41) is 11.7. The first-order chi connectivity index (χ1) is 10.3. The van der Waals surface area contributed by atoms with Gasteiger partial charge >= 0.3 is 0 Å². The number of rotatable bonds is 5. The minimum absolute atomic E-state index is 0.446. The molecule has 0 atom stereocenters. The van der Waals surface area contributed by atoms with Gasteiger partial charge in [0.2, 0.25) is 0 Å². The molecule has 0 fully saturated rings. The first kappa shape index (κ1) is 13.0. The zero-order valence-corrected chi connectivity index (χ0v) is 11.3. The summed E-state index contributed by atoms with van der Waals surface area (Å²) in [6.07, 6.45) is 3.43. The van der Waals surface area contributed by atoms with Gasteiger partial charge in [0, 0.05) is 29.7 Å². The van der Waals surface area contributed by atoms with Crippen molar-refractivity contribution >= 4 is 5.69 Å². The van der Waals surface area contributed by atoms with Gasteiger partial charge in [-0.15, -0.1) is 5.10 Å². The molecule has 0 saturated heterocycles. The van der Waals surface area contributed by atoms with Gasteiger partial charge in [0.25, 0.3) is 0 Å². The molecule has 0 radical (unpaired) electrons. The molecule has 0 amide bonds. The number of hydrogen-bond donors (Lipinski definition) is 1. The number of nitrogens with zero attached hydrogens (tertiary/aromatic N) is 5. The van der Waals surface area contributed by atoms with E-state index in [4.69, 9.17) is 10.5 Å². The molecule has 0 spiro atoms. The number of hydrogen-bond acceptors (Lipinski definition) is 6. The SMILES string of the molecule is Nc1cccc(OCCn2nnnc2-c2cccnc2)c1. The summed E-state index contributed by atoms with van der Waals surface area (Å²) in [6, 6.07) is 11.1. The van der Waals surface area contributed by atoms with Crippen LogP contribution in [0.1, 0.15) is 0 Å². The quantitative estimate of drug-likeness (QED) is 0.711. The molecule has 0 bridgehead atoms. The van der Waals surface area contributed by atoms with E-state index in [-0.39, 0.29) is 0 Å². The predicted octanol–water partition coefficient (Wildman–Crippen LogP) is 1.40. The lowest BCUT2D eigenvalue weighted by molar-refractivity contribution is 0.291. The molecular weight excluding hydrogens is 268 g/mol. The molecule has 0 aliphatic carbocycles. The summed E-state index contributed by atoms with van der Waals surface area (Å²) >= 11 is 0. The summed E-state index contributed by atoms with van der Waals surface area (Å²) in [5.74, 6) is 1.39. The monoisotopic (exact) mass is 282 g/mol. The number of nitrogen functional groups attached to an aromatic ring is 1. The van der Waals surface area contributed by atoms with E-state index in [1.165, 1.54) is 0 Å². The van der Waals surface area contributed by atoms with Gasteiger partial charge in [-0.05, 0) is 34.7 Å². The van der Waals surface area contributed by atoms with Gasteiger partial charge in [0.05, 0.1) is 6.54 Å². The molecule has 7 nitrogen and oxygen atoms in total. The van der Waals surface area contributed by atoms with Crippen LogP contribution in [0.15, 0.2) is 48.8 Å². The number of ether oxygens (including phenoxy) is 1. The van der Waals surface area contributed by atoms with Crippen molar-refractivity contribution in [3.8, 4) is 17.1 Å². The van der Waals surface area contributed by atoms with Gasteiger partial charge in [-0.3, -0.25) is 4.98 Å². The number of pyridine rings is 1. The van der Waals surface area contributed by atoms with Crippen LogP contribution < -0.4 is 10.5 Å². The van der Waals surface area contributed by atoms with Gasteiger partial charge in [-0.25, -0.2) is 4.68 Å². The maximum atomic E-state index is 5.70. The topological polar surface area (TPSA) is 91.7 Å². The highest BCUT2D eigenvalue weighted by Gasteiger charge is 2.08. The van der Waals surface area contributed by atoms with E-state index in [9.17, 15) is 0 Å². The van der Waals surface area contributed by atoms with Crippen LogP contribution in [-0.4, -0.2) is 31.8 Å². The molecular formula is C14H14N6O. The molecule has 7 heteroatoms. The van der Waals surface area contributed by atoms with E-state index in [2.05, 4.69) is 20.5 Å². The predicted molar refractivity (Wildman–Crippen MR) is 77.4 cm³/mol. The molecule has 3 rings (SSSR count). The minimum atomic E-state index is 0.446. The lowest BCUT2D eigenvalue weighted by Crippen LogP contribution is -2.11. The number of anilines is 1. The Hall–Kier alpha value is -2.96. The normalized spacial score (nSPS) is 10.5. The maximum absolute atomic E-state index is 5.70. The molecule has 2 aromatic heterocycles. The van der Waals surface area contributed by atoms with Crippen LogP contribution >= 0.6 is 0 Å². The standard InChI is InChI=1S/C14H14N6O/c15-12-4-1-5-13(9-12)21-8-7-20-14(17-18-19-20)11-3-2-6-16-10-11/h1-6,9-10H,7-8,15H2. The highest BCUT2D eigenvalue weighted by Crippen LogP contribution is 2.15. The fourth-order valence-electron chi connectivity index (χ4n) is 1.91. The van der Waals surface area contributed by atoms with Crippen LogP contribution in [0.2, 0.25) is 0 Å². The van der Waals surface area contributed by atoms with E-state index >= 15 is 0 Å². The fourth-order valence-corrected chi connectivity index (χ4v) is 1.91. The summed E-state index contributed by atoms with van der Waals surface area (Å²) in [7, 11) is 0. The molecule has 3 aromatic rings. The van der Waals surface area contributed by atoms with Crippen LogP contribution in [0.25, 0.3) is 11.4 Å². The van der Waals surface area contributed by atoms with Crippen molar-refractivity contribution < 1.29 is 4.74 Å². The number of tetrazole rings is 1. The lowest BCUT2D eigenvalue weighted by Gasteiger charge is -2.07. The summed E-state index contributed by atoms with van der Waals surface area (Å²) in [4.78, 5) is 4.07. The fraction of sp³-hybridized carbons (Fsp3) is 0.143. The summed E-state index contributed by atoms with van der Waals surface area (Å²) in [6.45, 7) is 0.980. The number of benzene rings is 1. The number of nitrogens with two attached hydrogens (primary N) is 1. The molecule has 0 saturated carbocycles. The lowest BCUT2D eigenvalue weighted by atomic mass is 10.3. The van der Waals surface area contributed by atoms with E-state index in [0.717, 1.165) is 11.3 Å². The molecule has 0 aliphatic heterocycles. The van der Waals surface area contributed by atoms with Gasteiger partial charge < -0.3 is 10.5 Å². The van der Waals surface area contributed by atoms with Crippen LogP contribution in [0.3, 0.4) is 0 Å². The Kier molecular flexibility index (Phi) is 3.72. The van der Waals surface area contributed by atoms with Crippen molar-refractivity contribution in [3.63, 3.8) is 0 Å². The third kappa shape index (κ3) is 3.14. The van der Waals surface area contributed by atoms with Crippen molar-refractivity contribution in [2.75, 3.05) is 12.3 Å². The van der Waals surface area contributed by atoms with Gasteiger partial charge in [0.15, 0.2) is 5.82 Å². The Morgan fingerprint density at radius 3 is 2.95 bits per heavy atom. The molecule has 0 aliphatic rings. The highest BCUT2D eigenvalue weighted by atomic mass is 16.5. The zero-order chi connectivity index (χ0) is 14.5. The van der Waals surface area contributed by atoms with E-state index in [1.54, 1.807) is 23.1 Å². The third-order valence-corrected chi connectivity index (χ3v) is 2.88. The third-order valence-electron chi connectivity index (χ3n) is 2.88. The largest absolute Gasteiger partial charge is 0.492 e. The minimum Gasteiger partial charge on any atom is -0.492 e. The van der Waals surface area contributed by atoms with Crippen LogP contribution in [0.5, 0.6) is 5.75 Å². The van der Waals surface area contributed by atoms with Gasteiger partial charge in [-0.2, -0.15) is 0 Å². The zero-order valence-electron chi connectivity index (χ0n) is 11.3. The average Bonchev–Trinajstić information content (AvgIpc) is 2.97. The second-order valence-electron chi connectivity index (χ2n) is 4.39. The first-order valence-corrected chi connectivity index (χ1v) is 6.48. The second-order valence-corrected chi connectivity index (χ2v) is 4.39. The Labute approximate surface area is 121 Å². The smallest absolute Gasteiger partial charge is 0.183 e. The molecule has 2 N–H and O–H groups in total. The van der Waals surface area contributed by atoms with Crippen molar-refractivity contribution in [2.24, 2.45) is 0 Å². The van der Waals surface area contributed by atoms with Crippen molar-refractivity contribution in [2.45, 2.75) is 6.54 Å². The van der Waals surface area contributed by atoms with Crippen LogP contribution in [-0.2, 0) is 6.54 Å². The van der Waals surface area contributed by atoms with Crippen LogP contribution in [0, 0.1) is 0 Å². The molecule has 1 aromatic carbocycles. The van der Waals surface area contributed by atoms with Crippen molar-refractivity contribution in [1.29, 1.82) is 0 Å². The van der Waals surface area contributed by atoms with Crippen molar-refractivity contribution in [1.82, 2.24) is 25.2 Å². The maximum Gasteiger partial charge on any atom is 0.183 e. The van der Waals surface area contributed by atoms with Gasteiger partial charge in [-0.1, -0.05) is 6.07 Å². The Bertz CT molecular complexity index is 712. The Morgan fingerprint density at radius 1 is 1.19 bits per heavy atom. The molecule has 2 heterocycles. The Morgan fingerprint density at radius 2 is 2.14 bits per heavy atom. The highest BCUT2D eigenvalue weighted by molar-refractivity contribution is 5.52. The average molecular weight is 282 g/mol.